The fraction of sp³-hybridized carbons (Fsp3) is 0.333. The molecule has 0 spiro atoms. The lowest BCUT2D eigenvalue weighted by molar-refractivity contribution is 0.0826. The van der Waals surface area contributed by atoms with Crippen LogP contribution in [0, 0.1) is 6.92 Å². The van der Waals surface area contributed by atoms with Crippen molar-refractivity contribution >= 4 is 5.91 Å². The molecule has 0 bridgehead atoms. The number of hydrogen-bond acceptors (Lipinski definition) is 2. The van der Waals surface area contributed by atoms with E-state index in [1.165, 1.54) is 0 Å². The van der Waals surface area contributed by atoms with Gasteiger partial charge in [-0.05, 0) is 19.1 Å². The zero-order valence-electron chi connectivity index (χ0n) is 7.53. The maximum atomic E-state index is 11.5. The first kappa shape index (κ1) is 8.71. The third-order valence-electron chi connectivity index (χ3n) is 1.64. The fourth-order valence-electron chi connectivity index (χ4n) is 0.951. The predicted octanol–water partition coefficient (Wildman–Crippen LogP) is 1.09. The number of aromatic nitrogens is 1. The van der Waals surface area contributed by atoms with E-state index >= 15 is 0 Å². The largest absolute Gasteiger partial charge is 0.345 e. The van der Waals surface area contributed by atoms with E-state index in [1.807, 2.05) is 6.92 Å². The van der Waals surface area contributed by atoms with Crippen molar-refractivity contribution in [3.8, 4) is 0 Å². The van der Waals surface area contributed by atoms with Crippen LogP contribution in [0.5, 0.6) is 0 Å². The van der Waals surface area contributed by atoms with Crippen molar-refractivity contribution in [1.82, 2.24) is 9.88 Å². The van der Waals surface area contributed by atoms with Gasteiger partial charge in [-0.15, -0.1) is 0 Å². The predicted molar refractivity (Wildman–Crippen MR) is 47.0 cm³/mol. The Balaban J connectivity index is 3.03. The maximum Gasteiger partial charge on any atom is 0.255 e. The Hall–Kier alpha value is -1.38. The summed E-state index contributed by atoms with van der Waals surface area (Å²) in [4.78, 5) is 17.0. The van der Waals surface area contributed by atoms with E-state index in [9.17, 15) is 4.79 Å². The third-order valence-corrected chi connectivity index (χ3v) is 1.64. The summed E-state index contributed by atoms with van der Waals surface area (Å²) in [5, 5.41) is 0. The summed E-state index contributed by atoms with van der Waals surface area (Å²) in [5.74, 6) is 0.000556. The molecule has 0 atom stereocenters. The molecule has 1 heterocycles. The van der Waals surface area contributed by atoms with Crippen molar-refractivity contribution < 1.29 is 4.79 Å². The van der Waals surface area contributed by atoms with Gasteiger partial charge in [-0.2, -0.15) is 0 Å². The number of amides is 1. The minimum Gasteiger partial charge on any atom is -0.345 e. The topological polar surface area (TPSA) is 33.2 Å². The van der Waals surface area contributed by atoms with Crippen molar-refractivity contribution in [1.29, 1.82) is 0 Å². The Morgan fingerprint density at radius 1 is 1.50 bits per heavy atom. The molecule has 3 nitrogen and oxygen atoms in total. The molecule has 0 aromatic carbocycles. The zero-order chi connectivity index (χ0) is 9.14. The number of rotatable bonds is 1. The number of pyridine rings is 1. The normalized spacial score (nSPS) is 9.58. The standard InChI is InChI=1S/C9H12N2O/c1-7-8(5-4-6-10-7)9(12)11(2)3/h4-6H,1-3H3. The van der Waals surface area contributed by atoms with Crippen LogP contribution >= 0.6 is 0 Å². The highest BCUT2D eigenvalue weighted by Gasteiger charge is 2.09. The quantitative estimate of drug-likeness (QED) is 0.622. The second-order valence-corrected chi connectivity index (χ2v) is 2.84. The van der Waals surface area contributed by atoms with Crippen molar-refractivity contribution in [2.24, 2.45) is 0 Å². The fourth-order valence-corrected chi connectivity index (χ4v) is 0.951. The van der Waals surface area contributed by atoms with Crippen LogP contribution in [-0.4, -0.2) is 29.9 Å². The molecule has 0 aliphatic carbocycles. The molecule has 1 rings (SSSR count). The number of aryl methyl sites for hydroxylation is 1. The van der Waals surface area contributed by atoms with Gasteiger partial charge in [0.05, 0.1) is 5.56 Å². The van der Waals surface area contributed by atoms with Crippen molar-refractivity contribution in [3.63, 3.8) is 0 Å². The van der Waals surface area contributed by atoms with E-state index < -0.39 is 0 Å². The van der Waals surface area contributed by atoms with Crippen LogP contribution in [0.3, 0.4) is 0 Å². The summed E-state index contributed by atoms with van der Waals surface area (Å²) >= 11 is 0. The Bertz CT molecular complexity index is 294. The van der Waals surface area contributed by atoms with E-state index in [1.54, 1.807) is 37.3 Å². The average Bonchev–Trinajstić information content (AvgIpc) is 2.04. The van der Waals surface area contributed by atoms with Gasteiger partial charge in [0.1, 0.15) is 0 Å². The highest BCUT2D eigenvalue weighted by Crippen LogP contribution is 2.05. The second kappa shape index (κ2) is 3.34. The molecule has 0 radical (unpaired) electrons. The second-order valence-electron chi connectivity index (χ2n) is 2.84. The molecule has 0 saturated carbocycles. The summed E-state index contributed by atoms with van der Waals surface area (Å²) in [5.41, 5.74) is 1.44. The van der Waals surface area contributed by atoms with Crippen LogP contribution in [-0.2, 0) is 0 Å². The highest BCUT2D eigenvalue weighted by molar-refractivity contribution is 5.94. The van der Waals surface area contributed by atoms with Crippen molar-refractivity contribution in [2.45, 2.75) is 6.92 Å². The minimum atomic E-state index is 0.000556. The summed E-state index contributed by atoms with van der Waals surface area (Å²) in [6.45, 7) is 1.83. The molecule has 0 saturated heterocycles. The van der Waals surface area contributed by atoms with Crippen molar-refractivity contribution in [2.75, 3.05) is 14.1 Å². The molecule has 1 aromatic rings. The zero-order valence-corrected chi connectivity index (χ0v) is 7.53. The molecule has 12 heavy (non-hydrogen) atoms. The first-order valence-corrected chi connectivity index (χ1v) is 3.76. The highest BCUT2D eigenvalue weighted by atomic mass is 16.2. The van der Waals surface area contributed by atoms with E-state index in [-0.39, 0.29) is 5.91 Å². The molecular formula is C9H12N2O. The molecule has 0 fully saturated rings. The van der Waals surface area contributed by atoms with E-state index in [0.29, 0.717) is 5.56 Å². The molecule has 0 aliphatic rings. The molecule has 1 aromatic heterocycles. The SMILES string of the molecule is Cc1ncccc1C(=O)N(C)C. The van der Waals surface area contributed by atoms with Gasteiger partial charge in [0.25, 0.3) is 5.91 Å². The van der Waals surface area contributed by atoms with Gasteiger partial charge in [-0.1, -0.05) is 0 Å². The monoisotopic (exact) mass is 164 g/mol. The van der Waals surface area contributed by atoms with Crippen LogP contribution in [0.25, 0.3) is 0 Å². The third kappa shape index (κ3) is 1.61. The van der Waals surface area contributed by atoms with E-state index in [2.05, 4.69) is 4.98 Å². The summed E-state index contributed by atoms with van der Waals surface area (Å²) < 4.78 is 0. The van der Waals surface area contributed by atoms with Crippen LogP contribution in [0.2, 0.25) is 0 Å². The van der Waals surface area contributed by atoms with Gasteiger partial charge in [-0.25, -0.2) is 0 Å². The van der Waals surface area contributed by atoms with Gasteiger partial charge >= 0.3 is 0 Å². The van der Waals surface area contributed by atoms with Gasteiger partial charge in [-0.3, -0.25) is 9.78 Å². The molecular weight excluding hydrogens is 152 g/mol. The smallest absolute Gasteiger partial charge is 0.255 e. The van der Waals surface area contributed by atoms with Gasteiger partial charge in [0, 0.05) is 26.0 Å². The van der Waals surface area contributed by atoms with Crippen LogP contribution < -0.4 is 0 Å². The molecule has 0 unspecified atom stereocenters. The Morgan fingerprint density at radius 2 is 2.17 bits per heavy atom. The van der Waals surface area contributed by atoms with Gasteiger partial charge in [0.2, 0.25) is 0 Å². The Labute approximate surface area is 72.0 Å². The number of hydrogen-bond donors (Lipinski definition) is 0. The summed E-state index contributed by atoms with van der Waals surface area (Å²) in [7, 11) is 3.46. The van der Waals surface area contributed by atoms with E-state index in [4.69, 9.17) is 0 Å². The van der Waals surface area contributed by atoms with Crippen LogP contribution in [0.4, 0.5) is 0 Å². The van der Waals surface area contributed by atoms with Gasteiger partial charge < -0.3 is 4.90 Å². The molecule has 64 valence electrons. The summed E-state index contributed by atoms with van der Waals surface area (Å²) in [6.07, 6.45) is 1.68. The maximum absolute atomic E-state index is 11.5. The molecule has 0 aliphatic heterocycles. The summed E-state index contributed by atoms with van der Waals surface area (Å²) in [6, 6.07) is 3.55. The number of nitrogens with zero attached hydrogens (tertiary/aromatic N) is 2. The van der Waals surface area contributed by atoms with E-state index in [0.717, 1.165) is 5.69 Å². The lowest BCUT2D eigenvalue weighted by atomic mass is 10.2. The lowest BCUT2D eigenvalue weighted by Gasteiger charge is -2.10. The molecule has 1 amide bonds. The van der Waals surface area contributed by atoms with Crippen LogP contribution in [0.15, 0.2) is 18.3 Å². The Kier molecular flexibility index (Phi) is 2.43. The molecule has 3 heteroatoms. The first-order chi connectivity index (χ1) is 5.63. The number of carbonyl (C=O) groups excluding carboxylic acids is 1. The minimum absolute atomic E-state index is 0.000556. The first-order valence-electron chi connectivity index (χ1n) is 3.76. The van der Waals surface area contributed by atoms with Gasteiger partial charge in [0.15, 0.2) is 0 Å². The van der Waals surface area contributed by atoms with Crippen molar-refractivity contribution in [3.05, 3.63) is 29.6 Å². The molecule has 0 N–H and O–H groups in total. The number of carbonyl (C=O) groups is 1. The average molecular weight is 164 g/mol. The Morgan fingerprint density at radius 3 is 2.67 bits per heavy atom. The van der Waals surface area contributed by atoms with Crippen LogP contribution in [0.1, 0.15) is 16.1 Å². The lowest BCUT2D eigenvalue weighted by Crippen LogP contribution is -2.22.